The van der Waals surface area contributed by atoms with Crippen molar-refractivity contribution in [1.29, 1.82) is 5.26 Å². The van der Waals surface area contributed by atoms with Crippen molar-refractivity contribution in [1.82, 2.24) is 4.90 Å². The van der Waals surface area contributed by atoms with Gasteiger partial charge in [0.15, 0.2) is 6.10 Å². The summed E-state index contributed by atoms with van der Waals surface area (Å²) in [5, 5.41) is 8.80. The van der Waals surface area contributed by atoms with Crippen LogP contribution in [0, 0.1) is 23.2 Å². The molecule has 1 rings (SSSR count). The van der Waals surface area contributed by atoms with Crippen LogP contribution >= 0.6 is 0 Å². The molecule has 1 heterocycles. The fourth-order valence-corrected chi connectivity index (χ4v) is 2.26. The molecule has 2 atom stereocenters. The molecule has 1 aliphatic rings. The van der Waals surface area contributed by atoms with Crippen LogP contribution in [0.15, 0.2) is 0 Å². The Morgan fingerprint density at radius 3 is 2.89 bits per heavy atom. The van der Waals surface area contributed by atoms with Crippen molar-refractivity contribution in [2.75, 3.05) is 26.2 Å². The Kier molecular flexibility index (Phi) is 6.10. The summed E-state index contributed by atoms with van der Waals surface area (Å²) in [6.45, 7) is 6.21. The highest BCUT2D eigenvalue weighted by Crippen LogP contribution is 2.16. The van der Waals surface area contributed by atoms with E-state index in [9.17, 15) is 4.79 Å². The zero-order valence-electron chi connectivity index (χ0n) is 11.3. The van der Waals surface area contributed by atoms with Crippen molar-refractivity contribution in [2.24, 2.45) is 17.6 Å². The van der Waals surface area contributed by atoms with Crippen LogP contribution in [-0.2, 0) is 9.53 Å². The first-order valence-corrected chi connectivity index (χ1v) is 6.55. The van der Waals surface area contributed by atoms with Gasteiger partial charge in [0.2, 0.25) is 5.91 Å². The first-order valence-electron chi connectivity index (χ1n) is 6.55. The van der Waals surface area contributed by atoms with Crippen molar-refractivity contribution >= 4 is 5.91 Å². The second-order valence-corrected chi connectivity index (χ2v) is 5.26. The minimum atomic E-state index is -0.482. The SMILES string of the molecule is CC(C)CC(CN)CC(=O)N1CCOC(C#N)C1. The van der Waals surface area contributed by atoms with Crippen LogP contribution in [0.2, 0.25) is 0 Å². The predicted molar refractivity (Wildman–Crippen MR) is 68.5 cm³/mol. The Bertz CT molecular complexity index is 312. The van der Waals surface area contributed by atoms with Crippen molar-refractivity contribution in [3.63, 3.8) is 0 Å². The number of ether oxygens (including phenoxy) is 1. The third-order valence-corrected chi connectivity index (χ3v) is 3.16. The third kappa shape index (κ3) is 4.63. The number of nitrogens with two attached hydrogens (primary N) is 1. The molecule has 0 aromatic heterocycles. The Balaban J connectivity index is 2.46. The van der Waals surface area contributed by atoms with Gasteiger partial charge < -0.3 is 15.4 Å². The number of amides is 1. The summed E-state index contributed by atoms with van der Waals surface area (Å²) in [5.74, 6) is 0.874. The maximum Gasteiger partial charge on any atom is 0.223 e. The van der Waals surface area contributed by atoms with Gasteiger partial charge in [-0.1, -0.05) is 13.8 Å². The van der Waals surface area contributed by atoms with Gasteiger partial charge in [-0.15, -0.1) is 0 Å². The molecule has 0 saturated carbocycles. The van der Waals surface area contributed by atoms with Gasteiger partial charge in [0.25, 0.3) is 0 Å². The van der Waals surface area contributed by atoms with Crippen molar-refractivity contribution < 1.29 is 9.53 Å². The molecule has 18 heavy (non-hydrogen) atoms. The second-order valence-electron chi connectivity index (χ2n) is 5.26. The highest BCUT2D eigenvalue weighted by Gasteiger charge is 2.25. The van der Waals surface area contributed by atoms with Crippen LogP contribution < -0.4 is 5.73 Å². The summed E-state index contributed by atoms with van der Waals surface area (Å²) in [6, 6.07) is 2.05. The minimum absolute atomic E-state index is 0.0923. The van der Waals surface area contributed by atoms with E-state index in [1.54, 1.807) is 4.90 Å². The van der Waals surface area contributed by atoms with Gasteiger partial charge >= 0.3 is 0 Å². The molecule has 0 radical (unpaired) electrons. The first kappa shape index (κ1) is 14.9. The number of hydrogen-bond donors (Lipinski definition) is 1. The number of nitrogens with zero attached hydrogens (tertiary/aromatic N) is 2. The van der Waals surface area contributed by atoms with E-state index in [-0.39, 0.29) is 11.8 Å². The maximum atomic E-state index is 12.1. The van der Waals surface area contributed by atoms with Crippen LogP contribution in [0.4, 0.5) is 0 Å². The van der Waals surface area contributed by atoms with Gasteiger partial charge in [-0.25, -0.2) is 0 Å². The second kappa shape index (κ2) is 7.34. The Morgan fingerprint density at radius 1 is 1.61 bits per heavy atom. The molecule has 1 saturated heterocycles. The minimum Gasteiger partial charge on any atom is -0.360 e. The average molecular weight is 253 g/mol. The zero-order valence-corrected chi connectivity index (χ0v) is 11.3. The quantitative estimate of drug-likeness (QED) is 0.784. The summed E-state index contributed by atoms with van der Waals surface area (Å²) < 4.78 is 5.22. The van der Waals surface area contributed by atoms with Gasteiger partial charge in [-0.05, 0) is 24.8 Å². The van der Waals surface area contributed by atoms with Crippen LogP contribution in [0.5, 0.6) is 0 Å². The molecule has 1 fully saturated rings. The van der Waals surface area contributed by atoms with E-state index in [2.05, 4.69) is 13.8 Å². The third-order valence-electron chi connectivity index (χ3n) is 3.16. The molecule has 5 heteroatoms. The lowest BCUT2D eigenvalue weighted by Crippen LogP contribution is -2.45. The lowest BCUT2D eigenvalue weighted by atomic mass is 9.93. The van der Waals surface area contributed by atoms with E-state index in [0.717, 1.165) is 6.42 Å². The van der Waals surface area contributed by atoms with Crippen molar-refractivity contribution in [2.45, 2.75) is 32.8 Å². The summed E-state index contributed by atoms with van der Waals surface area (Å²) in [7, 11) is 0. The molecule has 102 valence electrons. The molecule has 1 amide bonds. The smallest absolute Gasteiger partial charge is 0.223 e. The number of morpholine rings is 1. The number of carbonyl (C=O) groups is 1. The molecule has 1 aliphatic heterocycles. The number of hydrogen-bond acceptors (Lipinski definition) is 4. The van der Waals surface area contributed by atoms with E-state index in [4.69, 9.17) is 15.7 Å². The summed E-state index contributed by atoms with van der Waals surface area (Å²) in [5.41, 5.74) is 5.70. The van der Waals surface area contributed by atoms with Gasteiger partial charge in [0.05, 0.1) is 19.2 Å². The normalized spacial score (nSPS) is 21.7. The predicted octanol–water partition coefficient (Wildman–Crippen LogP) is 0.748. The van der Waals surface area contributed by atoms with Gasteiger partial charge in [0.1, 0.15) is 0 Å². The topological polar surface area (TPSA) is 79.3 Å². The van der Waals surface area contributed by atoms with Crippen molar-refractivity contribution in [3.05, 3.63) is 0 Å². The largest absolute Gasteiger partial charge is 0.360 e. The lowest BCUT2D eigenvalue weighted by Gasteiger charge is -2.31. The Hall–Kier alpha value is -1.12. The van der Waals surface area contributed by atoms with Crippen LogP contribution in [-0.4, -0.2) is 43.2 Å². The van der Waals surface area contributed by atoms with Gasteiger partial charge in [0, 0.05) is 13.0 Å². The van der Waals surface area contributed by atoms with E-state index < -0.39 is 6.10 Å². The van der Waals surface area contributed by atoms with E-state index in [0.29, 0.717) is 38.6 Å². The van der Waals surface area contributed by atoms with E-state index in [1.165, 1.54) is 0 Å². The van der Waals surface area contributed by atoms with Crippen LogP contribution in [0.3, 0.4) is 0 Å². The molecule has 5 nitrogen and oxygen atoms in total. The summed E-state index contributed by atoms with van der Waals surface area (Å²) in [4.78, 5) is 13.8. The average Bonchev–Trinajstić information content (AvgIpc) is 2.37. The van der Waals surface area contributed by atoms with E-state index >= 15 is 0 Å². The van der Waals surface area contributed by atoms with Gasteiger partial charge in [-0.2, -0.15) is 5.26 Å². The lowest BCUT2D eigenvalue weighted by molar-refractivity contribution is -0.138. The fraction of sp³-hybridized carbons (Fsp3) is 0.846. The molecule has 0 aromatic rings. The van der Waals surface area contributed by atoms with Crippen molar-refractivity contribution in [3.8, 4) is 6.07 Å². The summed E-state index contributed by atoms with van der Waals surface area (Å²) >= 11 is 0. The van der Waals surface area contributed by atoms with Crippen LogP contribution in [0.1, 0.15) is 26.7 Å². The monoisotopic (exact) mass is 253 g/mol. The van der Waals surface area contributed by atoms with Gasteiger partial charge in [-0.3, -0.25) is 4.79 Å². The summed E-state index contributed by atoms with van der Waals surface area (Å²) in [6.07, 6.45) is 0.963. The highest BCUT2D eigenvalue weighted by molar-refractivity contribution is 5.76. The molecule has 0 spiro atoms. The maximum absolute atomic E-state index is 12.1. The Labute approximate surface area is 109 Å². The highest BCUT2D eigenvalue weighted by atomic mass is 16.5. The molecule has 2 N–H and O–H groups in total. The first-order chi connectivity index (χ1) is 8.56. The molecule has 2 unspecified atom stereocenters. The zero-order chi connectivity index (χ0) is 13.5. The standard InChI is InChI=1S/C13H23N3O2/c1-10(2)5-11(7-14)6-13(17)16-3-4-18-12(8-15)9-16/h10-12H,3-7,9,14H2,1-2H3. The fourth-order valence-electron chi connectivity index (χ4n) is 2.26. The number of nitriles is 1. The number of rotatable bonds is 5. The number of carbonyl (C=O) groups excluding carboxylic acids is 1. The van der Waals surface area contributed by atoms with Crippen LogP contribution in [0.25, 0.3) is 0 Å². The molecular weight excluding hydrogens is 230 g/mol. The molecule has 0 aromatic carbocycles. The molecule has 0 aliphatic carbocycles. The molecular formula is C13H23N3O2. The Morgan fingerprint density at radius 2 is 2.33 bits per heavy atom. The van der Waals surface area contributed by atoms with E-state index in [1.807, 2.05) is 6.07 Å². The molecule has 0 bridgehead atoms.